The molecule has 0 spiro atoms. The highest BCUT2D eigenvalue weighted by Crippen LogP contribution is 2.26. The second-order valence-corrected chi connectivity index (χ2v) is 8.54. The fourth-order valence-electron chi connectivity index (χ4n) is 3.81. The lowest BCUT2D eigenvalue weighted by atomic mass is 10.1. The van der Waals surface area contributed by atoms with Crippen LogP contribution in [0.3, 0.4) is 0 Å². The first-order valence-corrected chi connectivity index (χ1v) is 10.8. The molecule has 0 aliphatic carbocycles. The van der Waals surface area contributed by atoms with Gasteiger partial charge >= 0.3 is 0 Å². The topological polar surface area (TPSA) is 50.8 Å². The number of hydrogen-bond donors (Lipinski definition) is 1. The molecule has 1 fully saturated rings. The van der Waals surface area contributed by atoms with E-state index in [1.165, 1.54) is 5.56 Å². The van der Waals surface area contributed by atoms with Crippen molar-refractivity contribution in [2.45, 2.75) is 59.1 Å². The van der Waals surface area contributed by atoms with Crippen LogP contribution in [0, 0.1) is 6.92 Å². The number of aryl methyl sites for hydroxylation is 1. The normalized spacial score (nSPS) is 20.6. The standard InChI is InChI=1S/C24H31ClN2O3/c1-16-9-10-22(25)23(11-16)30-19(4)24(28)26-12-20-7-5-6-8-21(20)15-27-13-17(2)29-18(3)14-27/h5-11,17-19H,12-15H2,1-4H3,(H,26,28). The predicted octanol–water partition coefficient (Wildman–Crippen LogP) is 4.34. The molecule has 2 aromatic rings. The molecule has 0 saturated carbocycles. The summed E-state index contributed by atoms with van der Waals surface area (Å²) in [6.07, 6.45) is -0.184. The van der Waals surface area contributed by atoms with Gasteiger partial charge in [0.25, 0.3) is 5.91 Å². The number of ether oxygens (including phenoxy) is 2. The third-order valence-electron chi connectivity index (χ3n) is 5.22. The SMILES string of the molecule is Cc1ccc(Cl)c(OC(C)C(=O)NCc2ccccc2CN2CC(C)OC(C)C2)c1. The Bertz CT molecular complexity index is 863. The number of amides is 1. The molecule has 3 unspecified atom stereocenters. The molecule has 0 radical (unpaired) electrons. The van der Waals surface area contributed by atoms with E-state index >= 15 is 0 Å². The van der Waals surface area contributed by atoms with Crippen molar-refractivity contribution in [2.24, 2.45) is 0 Å². The van der Waals surface area contributed by atoms with Gasteiger partial charge in [-0.1, -0.05) is 41.9 Å². The van der Waals surface area contributed by atoms with Crippen LogP contribution in [0.15, 0.2) is 42.5 Å². The van der Waals surface area contributed by atoms with Crippen molar-refractivity contribution < 1.29 is 14.3 Å². The zero-order chi connectivity index (χ0) is 21.7. The molecule has 6 heteroatoms. The number of carbonyl (C=O) groups excluding carboxylic acids is 1. The average molecular weight is 431 g/mol. The molecule has 30 heavy (non-hydrogen) atoms. The second kappa shape index (κ2) is 10.3. The molecule has 1 amide bonds. The van der Waals surface area contributed by atoms with E-state index in [0.29, 0.717) is 17.3 Å². The fraction of sp³-hybridized carbons (Fsp3) is 0.458. The number of rotatable bonds is 7. The van der Waals surface area contributed by atoms with Crippen molar-refractivity contribution in [1.82, 2.24) is 10.2 Å². The van der Waals surface area contributed by atoms with Crippen LogP contribution < -0.4 is 10.1 Å². The Labute approximate surface area is 184 Å². The van der Waals surface area contributed by atoms with Crippen LogP contribution in [-0.2, 0) is 22.6 Å². The molecule has 1 aliphatic rings. The van der Waals surface area contributed by atoms with Crippen molar-refractivity contribution in [2.75, 3.05) is 13.1 Å². The van der Waals surface area contributed by atoms with Gasteiger partial charge in [0.15, 0.2) is 6.10 Å². The minimum atomic E-state index is -0.641. The molecule has 5 nitrogen and oxygen atoms in total. The summed E-state index contributed by atoms with van der Waals surface area (Å²) in [6, 6.07) is 13.8. The molecule has 0 bridgehead atoms. The Hall–Kier alpha value is -2.08. The molecule has 3 rings (SSSR count). The minimum Gasteiger partial charge on any atom is -0.479 e. The molecule has 0 aromatic heterocycles. The van der Waals surface area contributed by atoms with Gasteiger partial charge in [-0.3, -0.25) is 9.69 Å². The van der Waals surface area contributed by atoms with Crippen LogP contribution >= 0.6 is 11.6 Å². The van der Waals surface area contributed by atoms with Crippen LogP contribution in [0.4, 0.5) is 0 Å². The number of benzene rings is 2. The number of nitrogens with one attached hydrogen (secondary N) is 1. The molecule has 1 saturated heterocycles. The zero-order valence-corrected chi connectivity index (χ0v) is 18.9. The molecular weight excluding hydrogens is 400 g/mol. The predicted molar refractivity (Wildman–Crippen MR) is 120 cm³/mol. The first-order chi connectivity index (χ1) is 14.3. The lowest BCUT2D eigenvalue weighted by Crippen LogP contribution is -2.45. The first kappa shape index (κ1) is 22.6. The molecule has 162 valence electrons. The van der Waals surface area contributed by atoms with Crippen LogP contribution in [0.25, 0.3) is 0 Å². The molecule has 3 atom stereocenters. The quantitative estimate of drug-likeness (QED) is 0.709. The van der Waals surface area contributed by atoms with Gasteiger partial charge in [-0.25, -0.2) is 0 Å². The summed E-state index contributed by atoms with van der Waals surface area (Å²) >= 11 is 6.18. The van der Waals surface area contributed by atoms with E-state index in [1.54, 1.807) is 13.0 Å². The van der Waals surface area contributed by atoms with Crippen molar-refractivity contribution in [3.8, 4) is 5.75 Å². The van der Waals surface area contributed by atoms with Gasteiger partial charge in [0.2, 0.25) is 0 Å². The molecule has 1 N–H and O–H groups in total. The van der Waals surface area contributed by atoms with Gasteiger partial charge < -0.3 is 14.8 Å². The van der Waals surface area contributed by atoms with Crippen molar-refractivity contribution in [3.05, 3.63) is 64.2 Å². The largest absolute Gasteiger partial charge is 0.479 e. The van der Waals surface area contributed by atoms with Gasteiger partial charge in [0.05, 0.1) is 17.2 Å². The maximum absolute atomic E-state index is 12.6. The lowest BCUT2D eigenvalue weighted by Gasteiger charge is -2.35. The summed E-state index contributed by atoms with van der Waals surface area (Å²) < 4.78 is 11.6. The van der Waals surface area contributed by atoms with E-state index in [4.69, 9.17) is 21.1 Å². The molecular formula is C24H31ClN2O3. The lowest BCUT2D eigenvalue weighted by molar-refractivity contribution is -0.127. The number of halogens is 1. The molecule has 1 heterocycles. The smallest absolute Gasteiger partial charge is 0.261 e. The summed E-state index contributed by atoms with van der Waals surface area (Å²) in [5.74, 6) is 0.353. The summed E-state index contributed by atoms with van der Waals surface area (Å²) in [4.78, 5) is 15.0. The monoisotopic (exact) mass is 430 g/mol. The highest BCUT2D eigenvalue weighted by molar-refractivity contribution is 6.32. The third kappa shape index (κ3) is 6.21. The van der Waals surface area contributed by atoms with Crippen LogP contribution in [0.1, 0.15) is 37.5 Å². The summed E-state index contributed by atoms with van der Waals surface area (Å²) in [5.41, 5.74) is 3.36. The highest BCUT2D eigenvalue weighted by Gasteiger charge is 2.23. The van der Waals surface area contributed by atoms with E-state index in [2.05, 4.69) is 36.2 Å². The first-order valence-electron chi connectivity index (χ1n) is 10.5. The number of carbonyl (C=O) groups is 1. The van der Waals surface area contributed by atoms with Crippen LogP contribution in [-0.4, -0.2) is 42.2 Å². The van der Waals surface area contributed by atoms with E-state index in [1.807, 2.05) is 31.2 Å². The van der Waals surface area contributed by atoms with Crippen LogP contribution in [0.2, 0.25) is 5.02 Å². The minimum absolute atomic E-state index is 0.170. The number of hydrogen-bond acceptors (Lipinski definition) is 4. The van der Waals surface area contributed by atoms with Crippen molar-refractivity contribution in [3.63, 3.8) is 0 Å². The summed E-state index contributed by atoms with van der Waals surface area (Å²) in [6.45, 7) is 11.0. The van der Waals surface area contributed by atoms with Gasteiger partial charge in [0.1, 0.15) is 5.75 Å². The van der Waals surface area contributed by atoms with Crippen LogP contribution in [0.5, 0.6) is 5.75 Å². The highest BCUT2D eigenvalue weighted by atomic mass is 35.5. The Morgan fingerprint density at radius 2 is 1.87 bits per heavy atom. The van der Waals surface area contributed by atoms with Crippen molar-refractivity contribution >= 4 is 17.5 Å². The van der Waals surface area contributed by atoms with Gasteiger partial charge in [-0.15, -0.1) is 0 Å². The van der Waals surface area contributed by atoms with Crippen molar-refractivity contribution in [1.29, 1.82) is 0 Å². The summed E-state index contributed by atoms with van der Waals surface area (Å²) in [7, 11) is 0. The maximum atomic E-state index is 12.6. The average Bonchev–Trinajstić information content (AvgIpc) is 2.69. The zero-order valence-electron chi connectivity index (χ0n) is 18.2. The third-order valence-corrected chi connectivity index (χ3v) is 5.53. The number of morpholine rings is 1. The molecule has 2 aromatic carbocycles. The van der Waals surface area contributed by atoms with E-state index in [-0.39, 0.29) is 18.1 Å². The fourth-order valence-corrected chi connectivity index (χ4v) is 3.97. The summed E-state index contributed by atoms with van der Waals surface area (Å²) in [5, 5.41) is 3.50. The Kier molecular flexibility index (Phi) is 7.75. The second-order valence-electron chi connectivity index (χ2n) is 8.13. The Morgan fingerprint density at radius 3 is 2.57 bits per heavy atom. The van der Waals surface area contributed by atoms with E-state index in [9.17, 15) is 4.79 Å². The number of nitrogens with zero attached hydrogens (tertiary/aromatic N) is 1. The van der Waals surface area contributed by atoms with Gasteiger partial charge in [0, 0.05) is 26.2 Å². The van der Waals surface area contributed by atoms with Gasteiger partial charge in [-0.2, -0.15) is 0 Å². The maximum Gasteiger partial charge on any atom is 0.261 e. The van der Waals surface area contributed by atoms with E-state index < -0.39 is 6.10 Å². The molecule has 1 aliphatic heterocycles. The van der Waals surface area contributed by atoms with E-state index in [0.717, 1.165) is 30.8 Å². The Morgan fingerprint density at radius 1 is 1.20 bits per heavy atom. The Balaban J connectivity index is 1.58. The van der Waals surface area contributed by atoms with Gasteiger partial charge in [-0.05, 0) is 56.5 Å².